The quantitative estimate of drug-likeness (QED) is 0.580. The van der Waals surface area contributed by atoms with Gasteiger partial charge in [0, 0.05) is 6.42 Å². The van der Waals surface area contributed by atoms with Crippen molar-refractivity contribution in [2.24, 2.45) is 10.7 Å². The Bertz CT molecular complexity index is 393. The minimum Gasteiger partial charge on any atom is -0.482 e. The average molecular weight is 218 g/mol. The van der Waals surface area contributed by atoms with Gasteiger partial charge in [-0.1, -0.05) is 18.2 Å². The van der Waals surface area contributed by atoms with E-state index in [0.717, 1.165) is 12.2 Å². The normalized spacial score (nSPS) is 20.4. The van der Waals surface area contributed by atoms with E-state index in [4.69, 9.17) is 10.5 Å². The van der Waals surface area contributed by atoms with Crippen LogP contribution in [0.25, 0.3) is 0 Å². The molecule has 0 bridgehead atoms. The monoisotopic (exact) mass is 218 g/mol. The molecule has 0 radical (unpaired) electrons. The van der Waals surface area contributed by atoms with Crippen LogP contribution in [-0.2, 0) is 6.42 Å². The maximum atomic E-state index is 5.97. The summed E-state index contributed by atoms with van der Waals surface area (Å²) in [5.74, 6) is 1.52. The molecule has 0 saturated heterocycles. The van der Waals surface area contributed by atoms with Crippen molar-refractivity contribution in [1.29, 1.82) is 0 Å². The summed E-state index contributed by atoms with van der Waals surface area (Å²) in [6, 6.07) is 8.03. The largest absolute Gasteiger partial charge is 0.482 e. The number of nitrogens with two attached hydrogens (primary N) is 1. The zero-order valence-corrected chi connectivity index (χ0v) is 10.0. The number of hydrogen-bond donors (Lipinski definition) is 1. The van der Waals surface area contributed by atoms with Crippen LogP contribution in [-0.4, -0.2) is 17.5 Å². The molecule has 0 fully saturated rings. The third-order valence-corrected chi connectivity index (χ3v) is 2.44. The molecule has 0 spiro atoms. The summed E-state index contributed by atoms with van der Waals surface area (Å²) in [6.45, 7) is 6.09. The maximum Gasteiger partial charge on any atom is 0.159 e. The molecule has 1 unspecified atom stereocenters. The topological polar surface area (TPSA) is 47.6 Å². The predicted molar refractivity (Wildman–Crippen MR) is 65.9 cm³/mol. The minimum atomic E-state index is -0.151. The number of nitrogens with zero attached hydrogens (tertiary/aromatic N) is 1. The number of rotatable bonds is 1. The van der Waals surface area contributed by atoms with E-state index in [1.54, 1.807) is 0 Å². The Kier molecular flexibility index (Phi) is 2.62. The van der Waals surface area contributed by atoms with Crippen molar-refractivity contribution in [3.05, 3.63) is 29.8 Å². The summed E-state index contributed by atoms with van der Waals surface area (Å²) < 4.78 is 5.76. The van der Waals surface area contributed by atoms with Crippen molar-refractivity contribution in [2.45, 2.75) is 38.8 Å². The standard InChI is InChI=1S/C13H18N2O/c1-13(2,3)15-12(14)11-8-9-6-4-5-7-10(9)16-11/h4-7,11H,8H2,1-3H3,(H2,14,15). The van der Waals surface area contributed by atoms with Crippen molar-refractivity contribution >= 4 is 5.84 Å². The van der Waals surface area contributed by atoms with Gasteiger partial charge in [0.05, 0.1) is 5.54 Å². The fourth-order valence-corrected chi connectivity index (χ4v) is 1.81. The lowest BCUT2D eigenvalue weighted by Gasteiger charge is -2.17. The van der Waals surface area contributed by atoms with Gasteiger partial charge in [-0.15, -0.1) is 0 Å². The van der Waals surface area contributed by atoms with Gasteiger partial charge in [0.2, 0.25) is 0 Å². The number of fused-ring (bicyclic) bond motifs is 1. The van der Waals surface area contributed by atoms with E-state index >= 15 is 0 Å². The van der Waals surface area contributed by atoms with Crippen LogP contribution in [0.3, 0.4) is 0 Å². The van der Waals surface area contributed by atoms with E-state index in [9.17, 15) is 0 Å². The molecule has 0 amide bonds. The molecule has 1 aliphatic heterocycles. The van der Waals surface area contributed by atoms with Gasteiger partial charge in [-0.25, -0.2) is 0 Å². The molecular formula is C13H18N2O. The summed E-state index contributed by atoms with van der Waals surface area (Å²) in [5, 5.41) is 0. The molecule has 3 heteroatoms. The van der Waals surface area contributed by atoms with Crippen LogP contribution < -0.4 is 10.5 Å². The van der Waals surface area contributed by atoms with Gasteiger partial charge in [-0.2, -0.15) is 0 Å². The minimum absolute atomic E-state index is 0.100. The SMILES string of the molecule is CC(C)(C)N=C(N)C1Cc2ccccc2O1. The van der Waals surface area contributed by atoms with Crippen LogP contribution in [0.5, 0.6) is 5.75 Å². The lowest BCUT2D eigenvalue weighted by molar-refractivity contribution is 0.298. The van der Waals surface area contributed by atoms with Crippen LogP contribution in [0.1, 0.15) is 26.3 Å². The second-order valence-corrected chi connectivity index (χ2v) is 5.13. The molecule has 3 nitrogen and oxygen atoms in total. The van der Waals surface area contributed by atoms with E-state index < -0.39 is 0 Å². The lowest BCUT2D eigenvalue weighted by atomic mass is 10.1. The zero-order valence-electron chi connectivity index (χ0n) is 10.0. The van der Waals surface area contributed by atoms with Gasteiger partial charge >= 0.3 is 0 Å². The highest BCUT2D eigenvalue weighted by Crippen LogP contribution is 2.28. The van der Waals surface area contributed by atoms with Crippen LogP contribution in [0.15, 0.2) is 29.3 Å². The Balaban J connectivity index is 2.15. The molecule has 1 atom stereocenters. The average Bonchev–Trinajstić information content (AvgIpc) is 2.58. The Labute approximate surface area is 96.3 Å². The summed E-state index contributed by atoms with van der Waals surface area (Å²) in [4.78, 5) is 4.44. The second-order valence-electron chi connectivity index (χ2n) is 5.13. The predicted octanol–water partition coefficient (Wildman–Crippen LogP) is 2.15. The first-order chi connectivity index (χ1) is 7.46. The molecule has 86 valence electrons. The summed E-state index contributed by atoms with van der Waals surface area (Å²) >= 11 is 0. The Morgan fingerprint density at radius 1 is 1.38 bits per heavy atom. The highest BCUT2D eigenvalue weighted by molar-refractivity contribution is 5.86. The van der Waals surface area contributed by atoms with E-state index in [2.05, 4.69) is 11.1 Å². The van der Waals surface area contributed by atoms with Gasteiger partial charge in [-0.3, -0.25) is 4.99 Å². The van der Waals surface area contributed by atoms with Gasteiger partial charge in [0.15, 0.2) is 6.10 Å². The maximum absolute atomic E-state index is 5.97. The number of para-hydroxylation sites is 1. The van der Waals surface area contributed by atoms with Gasteiger partial charge in [-0.05, 0) is 32.4 Å². The Morgan fingerprint density at radius 3 is 2.69 bits per heavy atom. The summed E-state index contributed by atoms with van der Waals surface area (Å²) in [6.07, 6.45) is 0.721. The molecule has 0 aromatic heterocycles. The van der Waals surface area contributed by atoms with E-state index in [1.165, 1.54) is 5.56 Å². The highest BCUT2D eigenvalue weighted by atomic mass is 16.5. The van der Waals surface area contributed by atoms with Crippen LogP contribution in [0.4, 0.5) is 0 Å². The zero-order chi connectivity index (χ0) is 11.8. The Morgan fingerprint density at radius 2 is 2.06 bits per heavy atom. The third kappa shape index (κ3) is 2.35. The van der Waals surface area contributed by atoms with Crippen molar-refractivity contribution in [3.63, 3.8) is 0 Å². The van der Waals surface area contributed by atoms with Crippen molar-refractivity contribution in [3.8, 4) is 5.75 Å². The Hall–Kier alpha value is -1.51. The summed E-state index contributed by atoms with van der Waals surface area (Å²) in [7, 11) is 0. The third-order valence-electron chi connectivity index (χ3n) is 2.44. The van der Waals surface area contributed by atoms with Crippen LogP contribution >= 0.6 is 0 Å². The molecule has 2 N–H and O–H groups in total. The molecule has 0 saturated carbocycles. The highest BCUT2D eigenvalue weighted by Gasteiger charge is 2.26. The second kappa shape index (κ2) is 3.81. The molecule has 1 heterocycles. The van der Waals surface area contributed by atoms with Crippen molar-refractivity contribution in [1.82, 2.24) is 0 Å². The van der Waals surface area contributed by atoms with Crippen molar-refractivity contribution in [2.75, 3.05) is 0 Å². The number of amidine groups is 1. The van der Waals surface area contributed by atoms with Gasteiger partial charge in [0.1, 0.15) is 11.6 Å². The molecule has 1 aliphatic rings. The number of hydrogen-bond acceptors (Lipinski definition) is 2. The number of ether oxygens (including phenoxy) is 1. The van der Waals surface area contributed by atoms with Crippen LogP contribution in [0, 0.1) is 0 Å². The smallest absolute Gasteiger partial charge is 0.159 e. The number of benzene rings is 1. The number of aliphatic imine (C=N–C) groups is 1. The van der Waals surface area contributed by atoms with Gasteiger partial charge < -0.3 is 10.5 Å². The van der Waals surface area contributed by atoms with Gasteiger partial charge in [0.25, 0.3) is 0 Å². The molecule has 1 aromatic carbocycles. The van der Waals surface area contributed by atoms with Crippen molar-refractivity contribution < 1.29 is 4.74 Å². The van der Waals surface area contributed by atoms with Crippen LogP contribution in [0.2, 0.25) is 0 Å². The fraction of sp³-hybridized carbons (Fsp3) is 0.462. The lowest BCUT2D eigenvalue weighted by Crippen LogP contribution is -2.35. The first kappa shape index (κ1) is 11.0. The molecule has 1 aromatic rings. The molecular weight excluding hydrogens is 200 g/mol. The summed E-state index contributed by atoms with van der Waals surface area (Å²) in [5.41, 5.74) is 7.03. The molecule has 2 rings (SSSR count). The van der Waals surface area contributed by atoms with E-state index in [-0.39, 0.29) is 11.6 Å². The molecule has 16 heavy (non-hydrogen) atoms. The first-order valence-electron chi connectivity index (χ1n) is 5.55. The van der Waals surface area contributed by atoms with E-state index in [1.807, 2.05) is 39.0 Å². The fourth-order valence-electron chi connectivity index (χ4n) is 1.81. The van der Waals surface area contributed by atoms with E-state index in [0.29, 0.717) is 5.84 Å². The molecule has 0 aliphatic carbocycles. The first-order valence-corrected chi connectivity index (χ1v) is 5.55.